The smallest absolute Gasteiger partial charge is 0.0740 e. The molecule has 1 rings (SSSR count). The molecule has 0 aromatic heterocycles. The van der Waals surface area contributed by atoms with Crippen molar-refractivity contribution in [3.63, 3.8) is 0 Å². The summed E-state index contributed by atoms with van der Waals surface area (Å²) >= 11 is 0. The van der Waals surface area contributed by atoms with Gasteiger partial charge in [0.15, 0.2) is 0 Å². The second-order valence-corrected chi connectivity index (χ2v) is 2.65. The summed E-state index contributed by atoms with van der Waals surface area (Å²) in [5, 5.41) is 29.6. The number of piperidine rings is 1. The lowest BCUT2D eigenvalue weighted by Crippen LogP contribution is -2.52. The highest BCUT2D eigenvalue weighted by atomic mass is 16.3. The van der Waals surface area contributed by atoms with E-state index in [4.69, 9.17) is 15.3 Å². The molecule has 1 fully saturated rings. The van der Waals surface area contributed by atoms with Crippen LogP contribution in [0, 0.1) is 0 Å². The van der Waals surface area contributed by atoms with Gasteiger partial charge in [-0.3, -0.25) is 0 Å². The number of nitrogens with one attached hydrogen (secondary N) is 1. The first kappa shape index (κ1) is 7.94. The van der Waals surface area contributed by atoms with Crippen LogP contribution in [0.4, 0.5) is 0 Å². The molecule has 0 spiro atoms. The lowest BCUT2D eigenvalue weighted by atomic mass is 10.0. The van der Waals surface area contributed by atoms with Crippen molar-refractivity contribution in [3.05, 3.63) is 0 Å². The van der Waals surface area contributed by atoms with E-state index in [1.165, 1.54) is 0 Å². The van der Waals surface area contributed by atoms with Crippen molar-refractivity contribution in [2.45, 2.75) is 24.7 Å². The molecule has 60 valence electrons. The second kappa shape index (κ2) is 3.30. The van der Waals surface area contributed by atoms with Gasteiger partial charge in [0, 0.05) is 13.0 Å². The summed E-state index contributed by atoms with van der Waals surface area (Å²) in [4.78, 5) is 0. The van der Waals surface area contributed by atoms with Crippen LogP contribution in [0.2, 0.25) is 0 Å². The molecule has 0 radical (unpaired) electrons. The molecule has 4 N–H and O–H groups in total. The maximum absolute atomic E-state index is 9.16. The fourth-order valence-electron chi connectivity index (χ4n) is 1.14. The van der Waals surface area contributed by atoms with Gasteiger partial charge in [-0.15, -0.1) is 0 Å². The lowest BCUT2D eigenvalue weighted by molar-refractivity contribution is 0.00654. The minimum absolute atomic E-state index is 0.0755. The van der Waals surface area contributed by atoms with Crippen LogP contribution in [0.3, 0.4) is 0 Å². The van der Waals surface area contributed by atoms with E-state index >= 15 is 0 Å². The zero-order chi connectivity index (χ0) is 7.56. The van der Waals surface area contributed by atoms with Crippen molar-refractivity contribution in [2.24, 2.45) is 0 Å². The third-order valence-electron chi connectivity index (χ3n) is 1.79. The summed E-state index contributed by atoms with van der Waals surface area (Å²) in [7, 11) is 0. The molecule has 0 bridgehead atoms. The number of aliphatic hydroxyl groups excluding tert-OH is 3. The Labute approximate surface area is 59.5 Å². The van der Waals surface area contributed by atoms with E-state index in [9.17, 15) is 0 Å². The van der Waals surface area contributed by atoms with Gasteiger partial charge >= 0.3 is 0 Å². The zero-order valence-corrected chi connectivity index (χ0v) is 5.70. The topological polar surface area (TPSA) is 72.7 Å². The molecule has 0 unspecified atom stereocenters. The molecule has 10 heavy (non-hydrogen) atoms. The van der Waals surface area contributed by atoms with E-state index in [0.29, 0.717) is 13.0 Å². The van der Waals surface area contributed by atoms with E-state index in [2.05, 4.69) is 5.32 Å². The van der Waals surface area contributed by atoms with Gasteiger partial charge in [0.2, 0.25) is 0 Å². The molecule has 4 nitrogen and oxygen atoms in total. The van der Waals surface area contributed by atoms with Crippen LogP contribution in [-0.4, -0.2) is 46.7 Å². The fourth-order valence-corrected chi connectivity index (χ4v) is 1.14. The Bertz CT molecular complexity index is 109. The van der Waals surface area contributed by atoms with Gasteiger partial charge in [-0.25, -0.2) is 0 Å². The molecule has 1 saturated heterocycles. The SMILES string of the molecule is OC[C@H]1NC[C@H](O)C[C@@H]1O. The van der Waals surface area contributed by atoms with Gasteiger partial charge in [0.1, 0.15) is 0 Å². The number of aliphatic hydroxyl groups is 3. The fraction of sp³-hybridized carbons (Fsp3) is 1.00. The summed E-state index contributed by atoms with van der Waals surface area (Å²) in [5.41, 5.74) is 0. The van der Waals surface area contributed by atoms with E-state index < -0.39 is 12.2 Å². The summed E-state index contributed by atoms with van der Waals surface area (Å²) < 4.78 is 0. The van der Waals surface area contributed by atoms with Gasteiger partial charge in [-0.05, 0) is 0 Å². The zero-order valence-electron chi connectivity index (χ0n) is 5.70. The quantitative estimate of drug-likeness (QED) is 0.348. The van der Waals surface area contributed by atoms with Gasteiger partial charge < -0.3 is 20.6 Å². The number of rotatable bonds is 1. The second-order valence-electron chi connectivity index (χ2n) is 2.65. The molecule has 0 amide bonds. The molecule has 1 aliphatic heterocycles. The van der Waals surface area contributed by atoms with Crippen molar-refractivity contribution in [2.75, 3.05) is 13.2 Å². The van der Waals surface area contributed by atoms with Gasteiger partial charge in [0.05, 0.1) is 24.9 Å². The monoisotopic (exact) mass is 147 g/mol. The number of hydrogen-bond donors (Lipinski definition) is 4. The van der Waals surface area contributed by atoms with E-state index in [1.54, 1.807) is 0 Å². The van der Waals surface area contributed by atoms with E-state index in [-0.39, 0.29) is 12.6 Å². The standard InChI is InChI=1S/C6H13NO3/c8-3-5-6(10)1-4(9)2-7-5/h4-10H,1-3H2/t4-,5-,6+/m1/s1. The van der Waals surface area contributed by atoms with Crippen LogP contribution >= 0.6 is 0 Å². The minimum Gasteiger partial charge on any atom is -0.395 e. The van der Waals surface area contributed by atoms with Crippen molar-refractivity contribution < 1.29 is 15.3 Å². The van der Waals surface area contributed by atoms with Crippen molar-refractivity contribution in [1.29, 1.82) is 0 Å². The average Bonchev–Trinajstić information content (AvgIpc) is 1.88. The predicted octanol–water partition coefficient (Wildman–Crippen LogP) is -1.94. The van der Waals surface area contributed by atoms with Crippen LogP contribution < -0.4 is 5.32 Å². The highest BCUT2D eigenvalue weighted by Gasteiger charge is 2.26. The largest absolute Gasteiger partial charge is 0.395 e. The Morgan fingerprint density at radius 3 is 2.60 bits per heavy atom. The van der Waals surface area contributed by atoms with Crippen molar-refractivity contribution in [3.8, 4) is 0 Å². The van der Waals surface area contributed by atoms with Gasteiger partial charge in [-0.2, -0.15) is 0 Å². The minimum atomic E-state index is -0.617. The first-order valence-corrected chi connectivity index (χ1v) is 3.44. The molecule has 0 aromatic rings. The highest BCUT2D eigenvalue weighted by Crippen LogP contribution is 2.07. The number of hydrogen-bond acceptors (Lipinski definition) is 4. The molecular formula is C6H13NO3. The Kier molecular flexibility index (Phi) is 2.62. The molecule has 0 saturated carbocycles. The molecule has 3 atom stereocenters. The first-order valence-electron chi connectivity index (χ1n) is 3.44. The van der Waals surface area contributed by atoms with Crippen LogP contribution in [0.25, 0.3) is 0 Å². The molecular weight excluding hydrogens is 134 g/mol. The summed E-state index contributed by atoms with van der Waals surface area (Å²) in [6.07, 6.45) is -0.732. The van der Waals surface area contributed by atoms with Crippen LogP contribution in [0.1, 0.15) is 6.42 Å². The third-order valence-corrected chi connectivity index (χ3v) is 1.79. The predicted molar refractivity (Wildman–Crippen MR) is 35.5 cm³/mol. The Balaban J connectivity index is 2.36. The molecule has 0 aromatic carbocycles. The van der Waals surface area contributed by atoms with Gasteiger partial charge in [0.25, 0.3) is 0 Å². The molecule has 0 aliphatic carbocycles. The third kappa shape index (κ3) is 1.67. The highest BCUT2D eigenvalue weighted by molar-refractivity contribution is 4.84. The van der Waals surface area contributed by atoms with E-state index in [1.807, 2.05) is 0 Å². The molecule has 1 heterocycles. The maximum atomic E-state index is 9.16. The van der Waals surface area contributed by atoms with Crippen LogP contribution in [0.15, 0.2) is 0 Å². The normalized spacial score (nSPS) is 41.7. The molecule has 1 aliphatic rings. The summed E-state index contributed by atoms with van der Waals surface area (Å²) in [6.45, 7) is 0.385. The van der Waals surface area contributed by atoms with Crippen LogP contribution in [-0.2, 0) is 0 Å². The molecule has 4 heteroatoms. The summed E-state index contributed by atoms with van der Waals surface area (Å²) in [5.74, 6) is 0. The van der Waals surface area contributed by atoms with Gasteiger partial charge in [-0.1, -0.05) is 0 Å². The maximum Gasteiger partial charge on any atom is 0.0740 e. The van der Waals surface area contributed by atoms with Crippen molar-refractivity contribution in [1.82, 2.24) is 5.32 Å². The Morgan fingerprint density at radius 1 is 1.40 bits per heavy atom. The Hall–Kier alpha value is -0.160. The van der Waals surface area contributed by atoms with Crippen LogP contribution in [0.5, 0.6) is 0 Å². The summed E-state index contributed by atoms with van der Waals surface area (Å²) in [6, 6.07) is -0.261. The average molecular weight is 147 g/mol. The van der Waals surface area contributed by atoms with Crippen molar-refractivity contribution >= 4 is 0 Å². The lowest BCUT2D eigenvalue weighted by Gasteiger charge is -2.30. The number of β-amino-alcohol motifs (C(OH)–C–C–N with tert-alkyl or cyclic N) is 1. The first-order chi connectivity index (χ1) is 4.74. The Morgan fingerprint density at radius 2 is 2.10 bits per heavy atom. The van der Waals surface area contributed by atoms with E-state index in [0.717, 1.165) is 0 Å².